The van der Waals surface area contributed by atoms with Gasteiger partial charge >= 0.3 is 5.97 Å². The minimum atomic E-state index is -0.672. The summed E-state index contributed by atoms with van der Waals surface area (Å²) in [6.07, 6.45) is 0.759. The molecule has 0 aliphatic heterocycles. The number of carbonyl (C=O) groups excluding carboxylic acids is 2. The van der Waals surface area contributed by atoms with Crippen LogP contribution in [0.3, 0.4) is 0 Å². The Morgan fingerprint density at radius 3 is 2.33 bits per heavy atom. The molecule has 4 nitrogen and oxygen atoms in total. The molecule has 0 unspecified atom stereocenters. The normalized spacial score (nSPS) is 13.4. The SMILES string of the molecule is CC[C@@H](C)[C@@H](NC(=O)Cc1c(Cl)cccc1Cl)C(=O)OC. The maximum Gasteiger partial charge on any atom is 0.328 e. The van der Waals surface area contributed by atoms with Crippen LogP contribution in [-0.2, 0) is 20.7 Å². The lowest BCUT2D eigenvalue weighted by atomic mass is 9.99. The number of nitrogens with one attached hydrogen (secondary N) is 1. The predicted octanol–water partition coefficient (Wildman–Crippen LogP) is 3.24. The van der Waals surface area contributed by atoms with Crippen LogP contribution in [-0.4, -0.2) is 25.0 Å². The van der Waals surface area contributed by atoms with Gasteiger partial charge < -0.3 is 10.1 Å². The van der Waals surface area contributed by atoms with Gasteiger partial charge in [-0.05, 0) is 23.6 Å². The number of carbonyl (C=O) groups is 2. The van der Waals surface area contributed by atoms with Crippen LogP contribution in [0.15, 0.2) is 18.2 Å². The minimum Gasteiger partial charge on any atom is -0.467 e. The lowest BCUT2D eigenvalue weighted by Gasteiger charge is -2.22. The Balaban J connectivity index is 2.81. The third-order valence-electron chi connectivity index (χ3n) is 3.38. The number of hydrogen-bond donors (Lipinski definition) is 1. The van der Waals surface area contributed by atoms with Crippen molar-refractivity contribution in [3.8, 4) is 0 Å². The van der Waals surface area contributed by atoms with E-state index in [9.17, 15) is 9.59 Å². The Kier molecular flexibility index (Phi) is 6.99. The molecule has 0 radical (unpaired) electrons. The van der Waals surface area contributed by atoms with Gasteiger partial charge in [0.15, 0.2) is 0 Å². The monoisotopic (exact) mass is 331 g/mol. The van der Waals surface area contributed by atoms with Gasteiger partial charge in [-0.15, -0.1) is 0 Å². The molecule has 0 fully saturated rings. The molecule has 0 saturated carbocycles. The van der Waals surface area contributed by atoms with Crippen molar-refractivity contribution in [1.29, 1.82) is 0 Å². The first-order valence-corrected chi connectivity index (χ1v) is 7.46. The van der Waals surface area contributed by atoms with Crippen LogP contribution >= 0.6 is 23.2 Å². The summed E-state index contributed by atoms with van der Waals surface area (Å²) < 4.78 is 4.73. The Labute approximate surface area is 134 Å². The smallest absolute Gasteiger partial charge is 0.328 e. The fraction of sp³-hybridized carbons (Fsp3) is 0.467. The molecule has 0 aliphatic rings. The van der Waals surface area contributed by atoms with Crippen molar-refractivity contribution < 1.29 is 14.3 Å². The van der Waals surface area contributed by atoms with E-state index in [0.717, 1.165) is 6.42 Å². The molecule has 116 valence electrons. The molecule has 0 heterocycles. The highest BCUT2D eigenvalue weighted by molar-refractivity contribution is 6.36. The number of ether oxygens (including phenoxy) is 1. The van der Waals surface area contributed by atoms with E-state index in [1.54, 1.807) is 18.2 Å². The van der Waals surface area contributed by atoms with Gasteiger partial charge in [-0.2, -0.15) is 0 Å². The van der Waals surface area contributed by atoms with E-state index in [-0.39, 0.29) is 18.2 Å². The van der Waals surface area contributed by atoms with Crippen molar-refractivity contribution >= 4 is 35.1 Å². The molecule has 0 bridgehead atoms. The first kappa shape index (κ1) is 17.8. The van der Waals surface area contributed by atoms with E-state index in [4.69, 9.17) is 27.9 Å². The summed E-state index contributed by atoms with van der Waals surface area (Å²) in [5.41, 5.74) is 0.547. The van der Waals surface area contributed by atoms with Crippen LogP contribution in [0.1, 0.15) is 25.8 Å². The second-order valence-corrected chi connectivity index (χ2v) is 5.65. The lowest BCUT2D eigenvalue weighted by molar-refractivity contribution is -0.146. The molecule has 0 saturated heterocycles. The Morgan fingerprint density at radius 1 is 1.29 bits per heavy atom. The van der Waals surface area contributed by atoms with E-state index in [2.05, 4.69) is 5.32 Å². The number of esters is 1. The standard InChI is InChI=1S/C15H19Cl2NO3/c1-4-9(2)14(15(20)21-3)18-13(19)8-10-11(16)6-5-7-12(10)17/h5-7,9,14H,4,8H2,1-3H3,(H,18,19)/t9-,14-/m1/s1. The van der Waals surface area contributed by atoms with Crippen molar-refractivity contribution in [3.05, 3.63) is 33.8 Å². The first-order valence-electron chi connectivity index (χ1n) is 6.70. The van der Waals surface area contributed by atoms with Gasteiger partial charge in [-0.3, -0.25) is 4.79 Å². The van der Waals surface area contributed by atoms with Crippen molar-refractivity contribution in [3.63, 3.8) is 0 Å². The van der Waals surface area contributed by atoms with Crippen LogP contribution in [0, 0.1) is 5.92 Å². The predicted molar refractivity (Wildman–Crippen MR) is 83.6 cm³/mol. The lowest BCUT2D eigenvalue weighted by Crippen LogP contribution is -2.46. The molecule has 1 rings (SSSR count). The highest BCUT2D eigenvalue weighted by Gasteiger charge is 2.27. The molecular formula is C15H19Cl2NO3. The number of halogens is 2. The summed E-state index contributed by atoms with van der Waals surface area (Å²) >= 11 is 12.1. The zero-order chi connectivity index (χ0) is 16.0. The van der Waals surface area contributed by atoms with Gasteiger partial charge in [0, 0.05) is 10.0 Å². The molecule has 1 aromatic rings. The molecule has 6 heteroatoms. The summed E-state index contributed by atoms with van der Waals surface area (Å²) in [6.45, 7) is 3.82. The summed E-state index contributed by atoms with van der Waals surface area (Å²) in [5, 5.41) is 3.54. The van der Waals surface area contributed by atoms with Gasteiger partial charge in [0.2, 0.25) is 5.91 Å². The number of hydrogen-bond acceptors (Lipinski definition) is 3. The fourth-order valence-corrected chi connectivity index (χ4v) is 2.41. The first-order chi connectivity index (χ1) is 9.90. The molecule has 0 aromatic heterocycles. The fourth-order valence-electron chi connectivity index (χ4n) is 1.88. The quantitative estimate of drug-likeness (QED) is 0.814. The van der Waals surface area contributed by atoms with Crippen molar-refractivity contribution in [2.75, 3.05) is 7.11 Å². The van der Waals surface area contributed by atoms with E-state index in [0.29, 0.717) is 15.6 Å². The van der Waals surface area contributed by atoms with Crippen molar-refractivity contribution in [2.45, 2.75) is 32.7 Å². The number of benzene rings is 1. The molecule has 0 spiro atoms. The minimum absolute atomic E-state index is 0.0163. The molecule has 0 aliphatic carbocycles. The zero-order valence-electron chi connectivity index (χ0n) is 12.3. The van der Waals surface area contributed by atoms with Gasteiger partial charge in [0.1, 0.15) is 6.04 Å². The summed E-state index contributed by atoms with van der Waals surface area (Å²) in [6, 6.07) is 4.38. The van der Waals surface area contributed by atoms with Gasteiger partial charge in [-0.1, -0.05) is 49.5 Å². The van der Waals surface area contributed by atoms with Crippen LogP contribution in [0.25, 0.3) is 0 Å². The third kappa shape index (κ3) is 4.90. The van der Waals surface area contributed by atoms with Gasteiger partial charge in [-0.25, -0.2) is 4.79 Å². The van der Waals surface area contributed by atoms with Crippen LogP contribution < -0.4 is 5.32 Å². The van der Waals surface area contributed by atoms with Crippen LogP contribution in [0.2, 0.25) is 10.0 Å². The number of rotatable bonds is 6. The number of amides is 1. The zero-order valence-corrected chi connectivity index (χ0v) is 13.8. The van der Waals surface area contributed by atoms with Crippen molar-refractivity contribution in [2.24, 2.45) is 5.92 Å². The van der Waals surface area contributed by atoms with E-state index in [1.165, 1.54) is 7.11 Å². The molecule has 21 heavy (non-hydrogen) atoms. The second kappa shape index (κ2) is 8.25. The maximum atomic E-state index is 12.1. The van der Waals surface area contributed by atoms with Crippen molar-refractivity contribution in [1.82, 2.24) is 5.32 Å². The summed E-state index contributed by atoms with van der Waals surface area (Å²) in [4.78, 5) is 23.9. The highest BCUT2D eigenvalue weighted by atomic mass is 35.5. The number of methoxy groups -OCH3 is 1. The molecule has 1 N–H and O–H groups in total. The van der Waals surface area contributed by atoms with Gasteiger partial charge in [0.25, 0.3) is 0 Å². The highest BCUT2D eigenvalue weighted by Crippen LogP contribution is 2.24. The van der Waals surface area contributed by atoms with E-state index in [1.807, 2.05) is 13.8 Å². The second-order valence-electron chi connectivity index (χ2n) is 4.83. The molecule has 2 atom stereocenters. The van der Waals surface area contributed by atoms with Crippen LogP contribution in [0.4, 0.5) is 0 Å². The largest absolute Gasteiger partial charge is 0.467 e. The molecular weight excluding hydrogens is 313 g/mol. The molecule has 1 amide bonds. The Hall–Kier alpha value is -1.26. The Bertz CT molecular complexity index is 499. The average Bonchev–Trinajstić information content (AvgIpc) is 2.47. The van der Waals surface area contributed by atoms with E-state index < -0.39 is 12.0 Å². The molecule has 1 aromatic carbocycles. The van der Waals surface area contributed by atoms with E-state index >= 15 is 0 Å². The van der Waals surface area contributed by atoms with Crippen LogP contribution in [0.5, 0.6) is 0 Å². The topological polar surface area (TPSA) is 55.4 Å². The third-order valence-corrected chi connectivity index (χ3v) is 4.09. The summed E-state index contributed by atoms with van der Waals surface area (Å²) in [5.74, 6) is -0.799. The summed E-state index contributed by atoms with van der Waals surface area (Å²) in [7, 11) is 1.30. The average molecular weight is 332 g/mol. The Morgan fingerprint density at radius 2 is 1.86 bits per heavy atom. The maximum absolute atomic E-state index is 12.1. The van der Waals surface area contributed by atoms with Gasteiger partial charge in [0.05, 0.1) is 13.5 Å².